The van der Waals surface area contributed by atoms with E-state index >= 15 is 0 Å². The second-order valence-electron chi connectivity index (χ2n) is 7.20. The fourth-order valence-electron chi connectivity index (χ4n) is 3.98. The minimum atomic E-state index is -0.240. The Bertz CT molecular complexity index is 603. The second-order valence-corrected chi connectivity index (χ2v) is 7.20. The van der Waals surface area contributed by atoms with E-state index in [0.717, 1.165) is 31.7 Å². The zero-order valence-corrected chi connectivity index (χ0v) is 15.7. The minimum Gasteiger partial charge on any atom is -0.378 e. The monoisotopic (exact) mass is 345 g/mol. The van der Waals surface area contributed by atoms with Crippen LogP contribution in [0.3, 0.4) is 0 Å². The predicted molar refractivity (Wildman–Crippen MR) is 101 cm³/mol. The van der Waals surface area contributed by atoms with Gasteiger partial charge in [0, 0.05) is 38.5 Å². The van der Waals surface area contributed by atoms with E-state index in [4.69, 9.17) is 4.74 Å². The van der Waals surface area contributed by atoms with Crippen LogP contribution in [0.4, 0.5) is 5.69 Å². The lowest BCUT2D eigenvalue weighted by Crippen LogP contribution is -2.63. The van der Waals surface area contributed by atoms with Crippen molar-refractivity contribution in [3.05, 3.63) is 29.3 Å². The molecule has 0 bridgehead atoms. The van der Waals surface area contributed by atoms with Crippen molar-refractivity contribution in [3.8, 4) is 0 Å². The molecule has 5 heteroatoms. The lowest BCUT2D eigenvalue weighted by Gasteiger charge is -2.36. The van der Waals surface area contributed by atoms with Gasteiger partial charge in [-0.25, -0.2) is 0 Å². The Labute approximate surface area is 151 Å². The summed E-state index contributed by atoms with van der Waals surface area (Å²) in [5, 5.41) is 6.15. The highest BCUT2D eigenvalue weighted by molar-refractivity contribution is 5.96. The van der Waals surface area contributed by atoms with E-state index in [1.807, 2.05) is 6.07 Å². The Hall–Kier alpha value is -1.43. The first kappa shape index (κ1) is 18.4. The van der Waals surface area contributed by atoms with Gasteiger partial charge in [0.2, 0.25) is 5.91 Å². The van der Waals surface area contributed by atoms with Crippen LogP contribution >= 0.6 is 0 Å². The number of hydrogen-bond donors (Lipinski definition) is 2. The molecule has 138 valence electrons. The van der Waals surface area contributed by atoms with Gasteiger partial charge in [0.25, 0.3) is 0 Å². The van der Waals surface area contributed by atoms with Crippen LogP contribution in [-0.4, -0.2) is 49.2 Å². The largest absolute Gasteiger partial charge is 0.378 e. The molecule has 2 aliphatic rings. The van der Waals surface area contributed by atoms with Crippen LogP contribution in [0.15, 0.2) is 18.2 Å². The maximum atomic E-state index is 12.3. The van der Waals surface area contributed by atoms with Crippen molar-refractivity contribution in [2.24, 2.45) is 0 Å². The van der Waals surface area contributed by atoms with Gasteiger partial charge in [-0.1, -0.05) is 26.3 Å². The van der Waals surface area contributed by atoms with Crippen LogP contribution in [0, 0.1) is 0 Å². The number of carbonyl (C=O) groups excluding carboxylic acids is 1. The van der Waals surface area contributed by atoms with Crippen LogP contribution in [-0.2, 0) is 22.5 Å². The summed E-state index contributed by atoms with van der Waals surface area (Å²) in [7, 11) is 1.65. The van der Waals surface area contributed by atoms with Gasteiger partial charge in [0.05, 0.1) is 6.10 Å². The van der Waals surface area contributed by atoms with Gasteiger partial charge in [-0.3, -0.25) is 9.69 Å². The number of anilines is 1. The van der Waals surface area contributed by atoms with Crippen molar-refractivity contribution < 1.29 is 9.53 Å². The fourth-order valence-corrected chi connectivity index (χ4v) is 3.98. The number of nitrogens with one attached hydrogen (secondary N) is 2. The average molecular weight is 345 g/mol. The van der Waals surface area contributed by atoms with Crippen molar-refractivity contribution in [1.29, 1.82) is 0 Å². The van der Waals surface area contributed by atoms with Crippen molar-refractivity contribution in [2.45, 2.75) is 64.3 Å². The number of methoxy groups -OCH3 is 1. The zero-order chi connectivity index (χ0) is 17.8. The van der Waals surface area contributed by atoms with Gasteiger partial charge in [-0.2, -0.15) is 0 Å². The molecule has 0 spiro atoms. The molecule has 1 aromatic rings. The number of fused-ring (bicyclic) bond motifs is 1. The molecular weight excluding hydrogens is 314 g/mol. The fraction of sp³-hybridized carbons (Fsp3) is 0.650. The Morgan fingerprint density at radius 3 is 2.88 bits per heavy atom. The molecule has 2 N–H and O–H groups in total. The molecule has 25 heavy (non-hydrogen) atoms. The lowest BCUT2D eigenvalue weighted by atomic mass is 9.96. The highest BCUT2D eigenvalue weighted by Gasteiger charge is 2.36. The van der Waals surface area contributed by atoms with Gasteiger partial charge < -0.3 is 15.4 Å². The van der Waals surface area contributed by atoms with E-state index in [2.05, 4.69) is 41.5 Å². The predicted octanol–water partition coefficient (Wildman–Crippen LogP) is 2.55. The molecule has 2 aliphatic heterocycles. The van der Waals surface area contributed by atoms with Gasteiger partial charge >= 0.3 is 0 Å². The second kappa shape index (κ2) is 8.30. The van der Waals surface area contributed by atoms with Crippen LogP contribution < -0.4 is 10.6 Å². The summed E-state index contributed by atoms with van der Waals surface area (Å²) >= 11 is 0. The molecule has 2 heterocycles. The summed E-state index contributed by atoms with van der Waals surface area (Å²) < 4.78 is 5.28. The molecule has 3 atom stereocenters. The highest BCUT2D eigenvalue weighted by atomic mass is 16.5. The lowest BCUT2D eigenvalue weighted by molar-refractivity contribution is -0.125. The summed E-state index contributed by atoms with van der Waals surface area (Å²) in [5.41, 5.74) is 3.65. The first-order valence-electron chi connectivity index (χ1n) is 9.59. The standard InChI is InChI=1S/C20H31N3O2/c1-4-6-17(5-2)23-10-9-14-11-16(8-7-15(14)13-23)22-20(24)19-18(25-3)12-21-19/h7-8,11,17-19,21H,4-6,9-10,12-13H2,1-3H3,(H,22,24)/t17?,18-,19+/m0/s1. The summed E-state index contributed by atoms with van der Waals surface area (Å²) in [6.45, 7) is 7.43. The maximum absolute atomic E-state index is 12.3. The van der Waals surface area contributed by atoms with Crippen LogP contribution in [0.25, 0.3) is 0 Å². The van der Waals surface area contributed by atoms with E-state index < -0.39 is 0 Å². The van der Waals surface area contributed by atoms with Crippen molar-refractivity contribution in [1.82, 2.24) is 10.2 Å². The number of ether oxygens (including phenoxy) is 1. The molecule has 1 aromatic carbocycles. The molecule has 1 unspecified atom stereocenters. The van der Waals surface area contributed by atoms with E-state index in [1.165, 1.54) is 30.4 Å². The quantitative estimate of drug-likeness (QED) is 0.797. The molecule has 0 aliphatic carbocycles. The third kappa shape index (κ3) is 4.05. The first-order valence-corrected chi connectivity index (χ1v) is 9.59. The van der Waals surface area contributed by atoms with Crippen molar-refractivity contribution in [3.63, 3.8) is 0 Å². The number of hydrogen-bond acceptors (Lipinski definition) is 4. The van der Waals surface area contributed by atoms with Gasteiger partial charge in [-0.15, -0.1) is 0 Å². The highest BCUT2D eigenvalue weighted by Crippen LogP contribution is 2.26. The van der Waals surface area contributed by atoms with Crippen molar-refractivity contribution in [2.75, 3.05) is 25.5 Å². The Kier molecular flexibility index (Phi) is 6.10. The molecule has 0 radical (unpaired) electrons. The van der Waals surface area contributed by atoms with Gasteiger partial charge in [0.1, 0.15) is 6.04 Å². The first-order chi connectivity index (χ1) is 12.2. The van der Waals surface area contributed by atoms with Crippen LogP contribution in [0.2, 0.25) is 0 Å². The molecule has 1 fully saturated rings. The van der Waals surface area contributed by atoms with E-state index in [0.29, 0.717) is 6.04 Å². The number of nitrogens with zero attached hydrogens (tertiary/aromatic N) is 1. The van der Waals surface area contributed by atoms with Crippen molar-refractivity contribution >= 4 is 11.6 Å². The zero-order valence-electron chi connectivity index (χ0n) is 15.7. The Morgan fingerprint density at radius 2 is 2.24 bits per heavy atom. The summed E-state index contributed by atoms with van der Waals surface area (Å²) in [5.74, 6) is -0.00974. The molecule has 1 amide bonds. The maximum Gasteiger partial charge on any atom is 0.244 e. The van der Waals surface area contributed by atoms with Gasteiger partial charge in [0.15, 0.2) is 0 Å². The molecule has 1 saturated heterocycles. The molecule has 5 nitrogen and oxygen atoms in total. The van der Waals surface area contributed by atoms with Crippen LogP contribution in [0.1, 0.15) is 44.2 Å². The smallest absolute Gasteiger partial charge is 0.244 e. The molecule has 3 rings (SSSR count). The minimum absolute atomic E-state index is 0.00974. The van der Waals surface area contributed by atoms with Gasteiger partial charge in [-0.05, 0) is 42.5 Å². The van der Waals surface area contributed by atoms with E-state index in [1.54, 1.807) is 7.11 Å². The average Bonchev–Trinajstić information content (AvgIpc) is 2.58. The molecule has 0 aromatic heterocycles. The topological polar surface area (TPSA) is 53.6 Å². The third-order valence-corrected chi connectivity index (χ3v) is 5.62. The summed E-state index contributed by atoms with van der Waals surface area (Å²) in [4.78, 5) is 14.9. The van der Waals surface area contributed by atoms with E-state index in [-0.39, 0.29) is 18.1 Å². The Balaban J connectivity index is 1.63. The molecular formula is C20H31N3O2. The summed E-state index contributed by atoms with van der Waals surface area (Å²) in [6.07, 6.45) is 4.77. The summed E-state index contributed by atoms with van der Waals surface area (Å²) in [6, 6.07) is 6.80. The number of rotatable bonds is 7. The number of carbonyl (C=O) groups is 1. The molecule has 0 saturated carbocycles. The Morgan fingerprint density at radius 1 is 1.40 bits per heavy atom. The number of benzene rings is 1. The SMILES string of the molecule is CCCC(CC)N1CCc2cc(NC(=O)[C@@H]3NC[C@@H]3OC)ccc2C1. The van der Waals surface area contributed by atoms with E-state index in [9.17, 15) is 4.79 Å². The third-order valence-electron chi connectivity index (χ3n) is 5.62. The normalized spacial score (nSPS) is 24.3. The number of amides is 1. The van der Waals surface area contributed by atoms with Crippen LogP contribution in [0.5, 0.6) is 0 Å².